The number of benzene rings is 2. The molecule has 3 atom stereocenters. The zero-order valence-electron chi connectivity index (χ0n) is 15.7. The summed E-state index contributed by atoms with van der Waals surface area (Å²) in [6.45, 7) is -0.341. The number of rotatable bonds is 6. The number of hydrogen-bond donors (Lipinski definition) is 1. The molecule has 0 aromatic heterocycles. The Morgan fingerprint density at radius 3 is 2.45 bits per heavy atom. The molecular formula is C21H22Cl2N2O3S. The highest BCUT2D eigenvalue weighted by molar-refractivity contribution is 7.92. The largest absolute Gasteiger partial charge is 0.352 e. The minimum absolute atomic E-state index is 0.0961. The van der Waals surface area contributed by atoms with E-state index >= 15 is 0 Å². The Morgan fingerprint density at radius 1 is 1.07 bits per heavy atom. The Hall–Kier alpha value is -1.76. The van der Waals surface area contributed by atoms with Gasteiger partial charge in [0, 0.05) is 11.1 Å². The van der Waals surface area contributed by atoms with Gasteiger partial charge in [-0.3, -0.25) is 9.10 Å². The SMILES string of the molecule is O=C(CN(c1ccc(Cl)cc1Cl)S(=O)(=O)c1ccccc1)N[C@@H]1C[C@H]2CC[C@H]1C2. The van der Waals surface area contributed by atoms with Gasteiger partial charge in [0.15, 0.2) is 0 Å². The van der Waals surface area contributed by atoms with Crippen LogP contribution in [0.25, 0.3) is 0 Å². The van der Waals surface area contributed by atoms with Crippen LogP contribution < -0.4 is 9.62 Å². The number of hydrogen-bond acceptors (Lipinski definition) is 3. The molecule has 8 heteroatoms. The summed E-state index contributed by atoms with van der Waals surface area (Å²) in [4.78, 5) is 12.9. The first-order valence-electron chi connectivity index (χ1n) is 9.67. The van der Waals surface area contributed by atoms with Crippen molar-refractivity contribution in [3.05, 3.63) is 58.6 Å². The average molecular weight is 453 g/mol. The number of carbonyl (C=O) groups excluding carboxylic acids is 1. The van der Waals surface area contributed by atoms with E-state index in [1.165, 1.54) is 30.7 Å². The maximum atomic E-state index is 13.3. The summed E-state index contributed by atoms with van der Waals surface area (Å²) < 4.78 is 27.7. The normalized spacial score (nSPS) is 23.2. The third-order valence-corrected chi connectivity index (χ3v) is 8.19. The van der Waals surface area contributed by atoms with E-state index < -0.39 is 10.0 Å². The lowest BCUT2D eigenvalue weighted by Crippen LogP contribution is -2.46. The van der Waals surface area contributed by atoms with Crippen LogP contribution in [0.4, 0.5) is 5.69 Å². The molecule has 2 aliphatic carbocycles. The van der Waals surface area contributed by atoms with Gasteiger partial charge in [-0.15, -0.1) is 0 Å². The fourth-order valence-electron chi connectivity index (χ4n) is 4.51. The molecule has 2 aromatic carbocycles. The minimum atomic E-state index is -3.98. The number of fused-ring (bicyclic) bond motifs is 2. The first-order valence-corrected chi connectivity index (χ1v) is 11.9. The van der Waals surface area contributed by atoms with Crippen molar-refractivity contribution in [2.75, 3.05) is 10.8 Å². The minimum Gasteiger partial charge on any atom is -0.352 e. The van der Waals surface area contributed by atoms with Crippen molar-refractivity contribution < 1.29 is 13.2 Å². The van der Waals surface area contributed by atoms with Gasteiger partial charge >= 0.3 is 0 Å². The summed E-state index contributed by atoms with van der Waals surface area (Å²) >= 11 is 12.3. The second kappa shape index (κ2) is 8.17. The van der Waals surface area contributed by atoms with Gasteiger partial charge in [0.05, 0.1) is 15.6 Å². The van der Waals surface area contributed by atoms with Crippen molar-refractivity contribution in [3.63, 3.8) is 0 Å². The summed E-state index contributed by atoms with van der Waals surface area (Å²) in [6.07, 6.45) is 4.49. The van der Waals surface area contributed by atoms with Crippen molar-refractivity contribution in [2.24, 2.45) is 11.8 Å². The Bertz CT molecular complexity index is 1010. The highest BCUT2D eigenvalue weighted by Crippen LogP contribution is 2.44. The molecule has 5 nitrogen and oxygen atoms in total. The predicted molar refractivity (Wildman–Crippen MR) is 115 cm³/mol. The third kappa shape index (κ3) is 4.25. The molecule has 0 heterocycles. The van der Waals surface area contributed by atoms with Crippen molar-refractivity contribution in [1.82, 2.24) is 5.32 Å². The van der Waals surface area contributed by atoms with Crippen LogP contribution in [0.1, 0.15) is 25.7 Å². The third-order valence-electron chi connectivity index (χ3n) is 5.88. The number of anilines is 1. The van der Waals surface area contributed by atoms with E-state index in [4.69, 9.17) is 23.2 Å². The Labute approximate surface area is 181 Å². The Kier molecular flexibility index (Phi) is 5.78. The lowest BCUT2D eigenvalue weighted by molar-refractivity contribution is -0.120. The monoisotopic (exact) mass is 452 g/mol. The maximum absolute atomic E-state index is 13.3. The summed E-state index contributed by atoms with van der Waals surface area (Å²) in [5.41, 5.74) is 0.225. The van der Waals surface area contributed by atoms with Crippen LogP contribution in [0.3, 0.4) is 0 Å². The highest BCUT2D eigenvalue weighted by Gasteiger charge is 2.40. The van der Waals surface area contributed by atoms with Gasteiger partial charge in [0.1, 0.15) is 6.54 Å². The van der Waals surface area contributed by atoms with Crippen molar-refractivity contribution in [2.45, 2.75) is 36.6 Å². The fourth-order valence-corrected chi connectivity index (χ4v) is 6.53. The molecule has 2 aromatic rings. The molecule has 154 valence electrons. The van der Waals surface area contributed by atoms with E-state index in [0.717, 1.165) is 23.6 Å². The number of nitrogens with one attached hydrogen (secondary N) is 1. The van der Waals surface area contributed by atoms with Crippen molar-refractivity contribution in [3.8, 4) is 0 Å². The van der Waals surface area contributed by atoms with Crippen LogP contribution in [-0.4, -0.2) is 26.9 Å². The molecule has 0 saturated heterocycles. The molecule has 1 amide bonds. The van der Waals surface area contributed by atoms with Crippen molar-refractivity contribution in [1.29, 1.82) is 0 Å². The van der Waals surface area contributed by atoms with E-state index in [9.17, 15) is 13.2 Å². The van der Waals surface area contributed by atoms with Gasteiger partial charge in [-0.2, -0.15) is 0 Å². The molecular weight excluding hydrogens is 431 g/mol. The van der Waals surface area contributed by atoms with Crippen LogP contribution in [0.2, 0.25) is 10.0 Å². The number of nitrogens with zero attached hydrogens (tertiary/aromatic N) is 1. The molecule has 4 rings (SSSR count). The molecule has 0 radical (unpaired) electrons. The van der Waals surface area contributed by atoms with Crippen molar-refractivity contribution >= 4 is 44.8 Å². The molecule has 2 bridgehead atoms. The van der Waals surface area contributed by atoms with Crippen LogP contribution in [0.15, 0.2) is 53.4 Å². The van der Waals surface area contributed by atoms with Gasteiger partial charge in [0.25, 0.3) is 10.0 Å². The van der Waals surface area contributed by atoms with E-state index in [0.29, 0.717) is 16.9 Å². The van der Waals surface area contributed by atoms with Crippen LogP contribution in [0, 0.1) is 11.8 Å². The number of halogens is 2. The molecule has 0 spiro atoms. The van der Waals surface area contributed by atoms with E-state index in [2.05, 4.69) is 5.32 Å². The first kappa shape index (κ1) is 20.5. The van der Waals surface area contributed by atoms with Gasteiger partial charge in [0.2, 0.25) is 5.91 Å². The standard InChI is InChI=1S/C21H22Cl2N2O3S/c22-16-8-9-20(18(23)12-16)25(29(27,28)17-4-2-1-3-5-17)13-21(26)24-19-11-14-6-7-15(19)10-14/h1-5,8-9,12,14-15,19H,6-7,10-11,13H2,(H,24,26)/t14-,15-,19+/m0/s1. The van der Waals surface area contributed by atoms with Gasteiger partial charge < -0.3 is 5.32 Å². The van der Waals surface area contributed by atoms with Crippen LogP contribution in [0.5, 0.6) is 0 Å². The number of sulfonamides is 1. The van der Waals surface area contributed by atoms with Gasteiger partial charge in [-0.05, 0) is 61.4 Å². The van der Waals surface area contributed by atoms with Crippen LogP contribution in [-0.2, 0) is 14.8 Å². The summed E-state index contributed by atoms with van der Waals surface area (Å²) in [7, 11) is -3.98. The quantitative estimate of drug-likeness (QED) is 0.701. The first-order chi connectivity index (χ1) is 13.8. The average Bonchev–Trinajstić information content (AvgIpc) is 3.30. The van der Waals surface area contributed by atoms with Crippen LogP contribution >= 0.6 is 23.2 Å². The highest BCUT2D eigenvalue weighted by atomic mass is 35.5. The molecule has 1 N–H and O–H groups in total. The Morgan fingerprint density at radius 2 is 1.83 bits per heavy atom. The topological polar surface area (TPSA) is 66.5 Å². The summed E-state index contributed by atoms with van der Waals surface area (Å²) in [5.74, 6) is 0.857. The molecule has 2 fully saturated rings. The lowest BCUT2D eigenvalue weighted by Gasteiger charge is -2.27. The molecule has 0 unspecified atom stereocenters. The van der Waals surface area contributed by atoms with E-state index in [1.54, 1.807) is 24.3 Å². The number of amides is 1. The summed E-state index contributed by atoms with van der Waals surface area (Å²) in [6, 6.07) is 12.7. The maximum Gasteiger partial charge on any atom is 0.264 e. The number of carbonyl (C=O) groups is 1. The van der Waals surface area contributed by atoms with E-state index in [1.807, 2.05) is 0 Å². The Balaban J connectivity index is 1.62. The second-order valence-electron chi connectivity index (χ2n) is 7.77. The van der Waals surface area contributed by atoms with E-state index in [-0.39, 0.29) is 34.1 Å². The lowest BCUT2D eigenvalue weighted by atomic mass is 9.95. The predicted octanol–water partition coefficient (Wildman–Crippen LogP) is 4.49. The zero-order chi connectivity index (χ0) is 20.6. The molecule has 0 aliphatic heterocycles. The molecule has 2 saturated carbocycles. The van der Waals surface area contributed by atoms with Gasteiger partial charge in [-0.25, -0.2) is 8.42 Å². The smallest absolute Gasteiger partial charge is 0.264 e. The second-order valence-corrected chi connectivity index (χ2v) is 10.5. The molecule has 29 heavy (non-hydrogen) atoms. The molecule has 2 aliphatic rings. The fraction of sp³-hybridized carbons (Fsp3) is 0.381. The summed E-state index contributed by atoms with van der Waals surface area (Å²) in [5, 5.41) is 3.61. The zero-order valence-corrected chi connectivity index (χ0v) is 18.1. The van der Waals surface area contributed by atoms with Gasteiger partial charge in [-0.1, -0.05) is 47.8 Å².